The van der Waals surface area contributed by atoms with Crippen LogP contribution in [-0.4, -0.2) is 65.1 Å². The lowest BCUT2D eigenvalue weighted by Gasteiger charge is -2.37. The van der Waals surface area contributed by atoms with Crippen molar-refractivity contribution >= 4 is 0 Å². The van der Waals surface area contributed by atoms with E-state index in [-0.39, 0.29) is 39.3 Å². The van der Waals surface area contributed by atoms with E-state index in [0.29, 0.717) is 39.6 Å². The Morgan fingerprint density at radius 1 is 0.489 bits per heavy atom. The number of benzene rings is 2. The van der Waals surface area contributed by atoms with Gasteiger partial charge in [-0.2, -0.15) is 0 Å². The fraction of sp³-hybridized carbons (Fsp3) is 0.707. The second-order valence-electron chi connectivity index (χ2n) is 18.2. The lowest BCUT2D eigenvalue weighted by Crippen LogP contribution is -2.28. The Labute approximate surface area is 286 Å². The average Bonchev–Trinajstić information content (AvgIpc) is 3.86. The molecule has 47 heavy (non-hydrogen) atoms. The number of hydrogen-bond acceptors (Lipinski definition) is 6. The highest BCUT2D eigenvalue weighted by atomic mass is 16.6. The molecule has 2 atom stereocenters. The summed E-state index contributed by atoms with van der Waals surface area (Å²) in [6, 6.07) is 9.56. The van der Waals surface area contributed by atoms with Gasteiger partial charge >= 0.3 is 0 Å². The van der Waals surface area contributed by atoms with Crippen LogP contribution in [0, 0.1) is 0 Å². The van der Waals surface area contributed by atoms with Gasteiger partial charge in [-0.15, -0.1) is 0 Å². The summed E-state index contributed by atoms with van der Waals surface area (Å²) in [5.74, 6) is 1.97. The fourth-order valence-corrected chi connectivity index (χ4v) is 5.85. The molecular formula is C41H64O6. The maximum absolute atomic E-state index is 6.61. The van der Waals surface area contributed by atoms with Crippen LogP contribution in [0.1, 0.15) is 130 Å². The van der Waals surface area contributed by atoms with E-state index in [4.69, 9.17) is 28.4 Å². The molecule has 6 heteroatoms. The molecular weight excluding hydrogens is 588 g/mol. The van der Waals surface area contributed by atoms with Crippen LogP contribution in [0.3, 0.4) is 0 Å². The third-order valence-corrected chi connectivity index (χ3v) is 9.21. The minimum Gasteiger partial charge on any atom is -0.491 e. The van der Waals surface area contributed by atoms with Crippen LogP contribution in [0.2, 0.25) is 0 Å². The summed E-state index contributed by atoms with van der Waals surface area (Å²) in [5, 5.41) is 0. The molecule has 2 saturated heterocycles. The predicted molar refractivity (Wildman–Crippen MR) is 192 cm³/mol. The molecule has 2 unspecified atom stereocenters. The first kappa shape index (κ1) is 37.7. The molecule has 6 nitrogen and oxygen atoms in total. The van der Waals surface area contributed by atoms with Crippen LogP contribution >= 0.6 is 0 Å². The molecule has 2 fully saturated rings. The lowest BCUT2D eigenvalue weighted by molar-refractivity contribution is 0.0866. The highest BCUT2D eigenvalue weighted by molar-refractivity contribution is 5.57. The van der Waals surface area contributed by atoms with Crippen LogP contribution in [0.4, 0.5) is 0 Å². The molecule has 0 spiro atoms. The van der Waals surface area contributed by atoms with Gasteiger partial charge < -0.3 is 28.4 Å². The van der Waals surface area contributed by atoms with Gasteiger partial charge in [-0.1, -0.05) is 121 Å². The van der Waals surface area contributed by atoms with Gasteiger partial charge in [-0.3, -0.25) is 0 Å². The van der Waals surface area contributed by atoms with Crippen molar-refractivity contribution in [2.24, 2.45) is 0 Å². The molecule has 0 bridgehead atoms. The van der Waals surface area contributed by atoms with Crippen LogP contribution in [0.15, 0.2) is 24.3 Å². The number of ether oxygens (including phenoxy) is 6. The van der Waals surface area contributed by atoms with Crippen molar-refractivity contribution in [2.45, 2.75) is 136 Å². The molecule has 2 aliphatic heterocycles. The molecule has 4 rings (SSSR count). The quantitative estimate of drug-likeness (QED) is 0.150. The van der Waals surface area contributed by atoms with Crippen molar-refractivity contribution in [1.82, 2.24) is 0 Å². The van der Waals surface area contributed by atoms with E-state index in [0.717, 1.165) is 24.7 Å². The number of hydrogen-bond donors (Lipinski definition) is 0. The Kier molecular flexibility index (Phi) is 11.2. The Morgan fingerprint density at radius 3 is 1.00 bits per heavy atom. The molecule has 0 aromatic heterocycles. The molecule has 0 saturated carbocycles. The van der Waals surface area contributed by atoms with Gasteiger partial charge in [0.1, 0.15) is 36.9 Å². The van der Waals surface area contributed by atoms with E-state index in [9.17, 15) is 0 Å². The molecule has 0 aliphatic carbocycles. The summed E-state index contributed by atoms with van der Waals surface area (Å²) >= 11 is 0. The Hall–Kier alpha value is -2.12. The van der Waals surface area contributed by atoms with Gasteiger partial charge in [0.25, 0.3) is 0 Å². The predicted octanol–water partition coefficient (Wildman–Crippen LogP) is 8.79. The number of epoxide rings is 2. The van der Waals surface area contributed by atoms with E-state index in [1.807, 2.05) is 0 Å². The Morgan fingerprint density at radius 2 is 0.766 bits per heavy atom. The van der Waals surface area contributed by atoms with Crippen LogP contribution < -0.4 is 9.47 Å². The summed E-state index contributed by atoms with van der Waals surface area (Å²) in [7, 11) is 0. The molecule has 2 aromatic rings. The van der Waals surface area contributed by atoms with Crippen molar-refractivity contribution < 1.29 is 28.4 Å². The maximum Gasteiger partial charge on any atom is 0.126 e. The summed E-state index contributed by atoms with van der Waals surface area (Å²) in [6.45, 7) is 37.0. The molecule has 2 heterocycles. The smallest absolute Gasteiger partial charge is 0.126 e. The van der Waals surface area contributed by atoms with E-state index >= 15 is 0 Å². The van der Waals surface area contributed by atoms with Gasteiger partial charge in [-0.05, 0) is 32.8 Å². The SMILES string of the molecule is CC(C)(C)c1cc(C(C)(C)c2cc(C(C)(C)C)c(OCCOCC3CO3)c(C(C)(C)C)c2)cc(C(C)(C)C)c1OCCOCC1CO1. The minimum absolute atomic E-state index is 0.122. The average molecular weight is 653 g/mol. The van der Waals surface area contributed by atoms with Crippen molar-refractivity contribution in [2.75, 3.05) is 52.9 Å². The van der Waals surface area contributed by atoms with Gasteiger partial charge in [0.05, 0.1) is 39.6 Å². The first-order valence-corrected chi connectivity index (χ1v) is 17.6. The molecule has 2 aromatic carbocycles. The molecule has 0 amide bonds. The van der Waals surface area contributed by atoms with Crippen molar-refractivity contribution in [3.8, 4) is 11.5 Å². The van der Waals surface area contributed by atoms with E-state index < -0.39 is 0 Å². The fourth-order valence-electron chi connectivity index (χ4n) is 5.85. The van der Waals surface area contributed by atoms with Gasteiger partial charge in [0.15, 0.2) is 0 Å². The van der Waals surface area contributed by atoms with Crippen molar-refractivity contribution in [1.29, 1.82) is 0 Å². The second-order valence-corrected chi connectivity index (χ2v) is 18.2. The summed E-state index contributed by atoms with van der Waals surface area (Å²) in [5.41, 5.74) is 6.68. The summed E-state index contributed by atoms with van der Waals surface area (Å²) in [6.07, 6.45) is 0.512. The van der Waals surface area contributed by atoms with Crippen molar-refractivity contribution in [3.05, 3.63) is 57.6 Å². The van der Waals surface area contributed by atoms with Crippen molar-refractivity contribution in [3.63, 3.8) is 0 Å². The van der Waals surface area contributed by atoms with Crippen LogP contribution in [0.25, 0.3) is 0 Å². The molecule has 264 valence electrons. The largest absolute Gasteiger partial charge is 0.491 e. The Bertz CT molecular complexity index is 1180. The third kappa shape index (κ3) is 9.97. The lowest BCUT2D eigenvalue weighted by atomic mass is 9.69. The van der Waals surface area contributed by atoms with E-state index in [1.54, 1.807) is 0 Å². The van der Waals surface area contributed by atoms with Crippen LogP contribution in [-0.2, 0) is 46.0 Å². The normalized spacial score (nSPS) is 18.8. The van der Waals surface area contributed by atoms with E-state index in [1.165, 1.54) is 33.4 Å². The first-order valence-electron chi connectivity index (χ1n) is 17.6. The third-order valence-electron chi connectivity index (χ3n) is 9.21. The highest BCUT2D eigenvalue weighted by Gasteiger charge is 2.36. The summed E-state index contributed by atoms with van der Waals surface area (Å²) < 4.78 is 35.5. The maximum atomic E-state index is 6.61. The summed E-state index contributed by atoms with van der Waals surface area (Å²) in [4.78, 5) is 0. The van der Waals surface area contributed by atoms with E-state index in [2.05, 4.69) is 121 Å². The van der Waals surface area contributed by atoms with Gasteiger partial charge in [0, 0.05) is 27.7 Å². The van der Waals surface area contributed by atoms with Gasteiger partial charge in [-0.25, -0.2) is 0 Å². The van der Waals surface area contributed by atoms with Crippen LogP contribution in [0.5, 0.6) is 11.5 Å². The zero-order chi connectivity index (χ0) is 35.0. The highest BCUT2D eigenvalue weighted by Crippen LogP contribution is 2.47. The standard InChI is InChI=1S/C41H64O6/c1-37(2,3)31-19-27(20-32(38(4,5)6)35(31)44-17-15-42-23-29-25-46-29)41(13,14)28-21-33(39(7,8)9)36(34(22-28)40(10,11)12)45-18-16-43-24-30-26-47-30/h19-22,29-30H,15-18,23-26H2,1-14H3. The number of rotatable bonds is 14. The second kappa shape index (κ2) is 14.0. The molecule has 2 aliphatic rings. The zero-order valence-electron chi connectivity index (χ0n) is 32.1. The molecule has 0 N–H and O–H groups in total. The topological polar surface area (TPSA) is 62.0 Å². The minimum atomic E-state index is -0.294. The Balaban J connectivity index is 1.77. The van der Waals surface area contributed by atoms with Gasteiger partial charge in [0.2, 0.25) is 0 Å². The molecule has 0 radical (unpaired) electrons. The zero-order valence-corrected chi connectivity index (χ0v) is 32.1. The monoisotopic (exact) mass is 652 g/mol. The first-order chi connectivity index (χ1) is 21.6.